The second-order valence-electron chi connectivity index (χ2n) is 4.80. The summed E-state index contributed by atoms with van der Waals surface area (Å²) >= 11 is 0. The molecule has 1 heterocycles. The molecule has 0 saturated carbocycles. The van der Waals surface area contributed by atoms with Crippen LogP contribution in [0.15, 0.2) is 22.7 Å². The first kappa shape index (κ1) is 12.6. The highest BCUT2D eigenvalue weighted by molar-refractivity contribution is 5.53. The minimum Gasteiger partial charge on any atom is -0.376 e. The van der Waals surface area contributed by atoms with E-state index < -0.39 is 0 Å². The third kappa shape index (κ3) is 2.70. The fourth-order valence-corrected chi connectivity index (χ4v) is 1.69. The smallest absolute Gasteiger partial charge is 0.245 e. The third-order valence-electron chi connectivity index (χ3n) is 3.03. The minimum atomic E-state index is 0.295. The van der Waals surface area contributed by atoms with E-state index in [1.807, 2.05) is 19.9 Å². The van der Waals surface area contributed by atoms with E-state index in [1.165, 1.54) is 11.1 Å². The van der Waals surface area contributed by atoms with E-state index in [9.17, 15) is 0 Å². The lowest BCUT2D eigenvalue weighted by Gasteiger charge is -2.09. The molecule has 0 bridgehead atoms. The molecular formula is C14H19N3O. The van der Waals surface area contributed by atoms with Gasteiger partial charge in [-0.3, -0.25) is 0 Å². The van der Waals surface area contributed by atoms with E-state index >= 15 is 0 Å². The van der Waals surface area contributed by atoms with Gasteiger partial charge in [0.05, 0.1) is 6.54 Å². The molecule has 0 saturated heterocycles. The van der Waals surface area contributed by atoms with Crippen LogP contribution in [0.2, 0.25) is 0 Å². The molecule has 18 heavy (non-hydrogen) atoms. The van der Waals surface area contributed by atoms with Gasteiger partial charge in [-0.2, -0.15) is 4.98 Å². The summed E-state index contributed by atoms with van der Waals surface area (Å²) in [6.07, 6.45) is 0. The van der Waals surface area contributed by atoms with Crippen molar-refractivity contribution in [3.05, 3.63) is 41.0 Å². The fraction of sp³-hybridized carbons (Fsp3) is 0.429. The van der Waals surface area contributed by atoms with Gasteiger partial charge in [-0.15, -0.1) is 0 Å². The van der Waals surface area contributed by atoms with Crippen molar-refractivity contribution in [1.29, 1.82) is 0 Å². The lowest BCUT2D eigenvalue weighted by molar-refractivity contribution is 0.376. The summed E-state index contributed by atoms with van der Waals surface area (Å²) in [5.74, 6) is 1.68. The maximum Gasteiger partial charge on any atom is 0.245 e. The summed E-state index contributed by atoms with van der Waals surface area (Å²) < 4.78 is 5.19. The van der Waals surface area contributed by atoms with Crippen LogP contribution in [0.3, 0.4) is 0 Å². The molecule has 1 N–H and O–H groups in total. The van der Waals surface area contributed by atoms with Crippen LogP contribution in [0.1, 0.15) is 42.6 Å². The summed E-state index contributed by atoms with van der Waals surface area (Å²) in [5.41, 5.74) is 3.63. The van der Waals surface area contributed by atoms with Crippen molar-refractivity contribution in [3.63, 3.8) is 0 Å². The van der Waals surface area contributed by atoms with Gasteiger partial charge in [0, 0.05) is 11.6 Å². The first-order valence-corrected chi connectivity index (χ1v) is 6.20. The number of nitrogens with one attached hydrogen (secondary N) is 1. The Morgan fingerprint density at radius 1 is 1.28 bits per heavy atom. The summed E-state index contributed by atoms with van der Waals surface area (Å²) in [6.45, 7) is 8.86. The van der Waals surface area contributed by atoms with Crippen LogP contribution in [0.25, 0.3) is 0 Å². The molecule has 0 aliphatic rings. The van der Waals surface area contributed by atoms with Crippen LogP contribution >= 0.6 is 0 Å². The van der Waals surface area contributed by atoms with Gasteiger partial charge >= 0.3 is 0 Å². The Morgan fingerprint density at radius 2 is 2.06 bits per heavy atom. The molecule has 0 aliphatic carbocycles. The van der Waals surface area contributed by atoms with Crippen LogP contribution in [-0.2, 0) is 6.54 Å². The van der Waals surface area contributed by atoms with Crippen molar-refractivity contribution in [2.45, 2.75) is 40.2 Å². The number of rotatable bonds is 4. The zero-order chi connectivity index (χ0) is 13.1. The predicted molar refractivity (Wildman–Crippen MR) is 71.6 cm³/mol. The molecule has 0 fully saturated rings. The van der Waals surface area contributed by atoms with Crippen LogP contribution in [0.4, 0.5) is 5.69 Å². The summed E-state index contributed by atoms with van der Waals surface area (Å²) in [6, 6.07) is 6.20. The number of aromatic nitrogens is 2. The molecular weight excluding hydrogens is 226 g/mol. The number of anilines is 1. The SMILES string of the molecule is Cc1cccc(NCc2nc(C(C)C)no2)c1C. The highest BCUT2D eigenvalue weighted by Crippen LogP contribution is 2.18. The van der Waals surface area contributed by atoms with Crippen LogP contribution in [0, 0.1) is 13.8 Å². The lowest BCUT2D eigenvalue weighted by Crippen LogP contribution is -2.02. The molecule has 96 valence electrons. The van der Waals surface area contributed by atoms with Gasteiger partial charge in [0.1, 0.15) is 0 Å². The number of hydrogen-bond donors (Lipinski definition) is 1. The van der Waals surface area contributed by atoms with Crippen molar-refractivity contribution in [2.24, 2.45) is 0 Å². The van der Waals surface area contributed by atoms with Crippen LogP contribution in [-0.4, -0.2) is 10.1 Å². The number of aryl methyl sites for hydroxylation is 1. The number of hydrogen-bond acceptors (Lipinski definition) is 4. The van der Waals surface area contributed by atoms with Crippen molar-refractivity contribution in [3.8, 4) is 0 Å². The van der Waals surface area contributed by atoms with Crippen molar-refractivity contribution >= 4 is 5.69 Å². The molecule has 1 aromatic carbocycles. The average molecular weight is 245 g/mol. The third-order valence-corrected chi connectivity index (χ3v) is 3.03. The first-order chi connectivity index (χ1) is 8.58. The van der Waals surface area contributed by atoms with Crippen molar-refractivity contribution < 1.29 is 4.52 Å². The Labute approximate surface area is 107 Å². The molecule has 0 spiro atoms. The average Bonchev–Trinajstić information content (AvgIpc) is 2.80. The topological polar surface area (TPSA) is 51.0 Å². The highest BCUT2D eigenvalue weighted by atomic mass is 16.5. The Morgan fingerprint density at radius 3 is 2.72 bits per heavy atom. The van der Waals surface area contributed by atoms with Gasteiger partial charge in [0.25, 0.3) is 0 Å². The fourth-order valence-electron chi connectivity index (χ4n) is 1.69. The minimum absolute atomic E-state index is 0.295. The molecule has 0 amide bonds. The van der Waals surface area contributed by atoms with Gasteiger partial charge in [-0.25, -0.2) is 0 Å². The summed E-state index contributed by atoms with van der Waals surface area (Å²) in [5, 5.41) is 7.27. The Balaban J connectivity index is 2.04. The van der Waals surface area contributed by atoms with Crippen LogP contribution in [0.5, 0.6) is 0 Å². The molecule has 1 aromatic heterocycles. The van der Waals surface area contributed by atoms with E-state index in [1.54, 1.807) is 0 Å². The first-order valence-electron chi connectivity index (χ1n) is 6.20. The summed E-state index contributed by atoms with van der Waals surface area (Å²) in [7, 11) is 0. The van der Waals surface area contributed by atoms with Gasteiger partial charge < -0.3 is 9.84 Å². The number of benzene rings is 1. The Kier molecular flexibility index (Phi) is 3.65. The van der Waals surface area contributed by atoms with E-state index in [0.29, 0.717) is 18.4 Å². The predicted octanol–water partition coefficient (Wildman–Crippen LogP) is 3.42. The molecule has 2 rings (SSSR count). The molecule has 4 nitrogen and oxygen atoms in total. The molecule has 0 atom stereocenters. The second-order valence-corrected chi connectivity index (χ2v) is 4.80. The normalized spacial score (nSPS) is 10.9. The second kappa shape index (κ2) is 5.21. The standard InChI is InChI=1S/C14H19N3O/c1-9(2)14-16-13(18-17-14)8-15-12-7-5-6-10(3)11(12)4/h5-7,9,15H,8H2,1-4H3. The van der Waals surface area contributed by atoms with Crippen molar-refractivity contribution in [2.75, 3.05) is 5.32 Å². The van der Waals surface area contributed by atoms with E-state index in [2.05, 4.69) is 41.4 Å². The van der Waals surface area contributed by atoms with Gasteiger partial charge in [0.2, 0.25) is 5.89 Å². The molecule has 2 aromatic rings. The maximum atomic E-state index is 5.19. The van der Waals surface area contributed by atoms with E-state index in [4.69, 9.17) is 4.52 Å². The molecule has 4 heteroatoms. The quantitative estimate of drug-likeness (QED) is 0.896. The number of nitrogens with zero attached hydrogens (tertiary/aromatic N) is 2. The molecule has 0 unspecified atom stereocenters. The van der Waals surface area contributed by atoms with Crippen LogP contribution < -0.4 is 5.32 Å². The molecule has 0 radical (unpaired) electrons. The summed E-state index contributed by atoms with van der Waals surface area (Å²) in [4.78, 5) is 4.34. The largest absolute Gasteiger partial charge is 0.376 e. The van der Waals surface area contributed by atoms with E-state index in [-0.39, 0.29) is 0 Å². The molecule has 0 aliphatic heterocycles. The lowest BCUT2D eigenvalue weighted by atomic mass is 10.1. The zero-order valence-electron chi connectivity index (χ0n) is 11.3. The maximum absolute atomic E-state index is 5.19. The van der Waals surface area contributed by atoms with Gasteiger partial charge in [-0.05, 0) is 31.0 Å². The Hall–Kier alpha value is -1.84. The van der Waals surface area contributed by atoms with Gasteiger partial charge in [0.15, 0.2) is 5.82 Å². The van der Waals surface area contributed by atoms with Crippen molar-refractivity contribution in [1.82, 2.24) is 10.1 Å². The highest BCUT2D eigenvalue weighted by Gasteiger charge is 2.09. The Bertz CT molecular complexity index is 532. The van der Waals surface area contributed by atoms with E-state index in [0.717, 1.165) is 11.5 Å². The monoisotopic (exact) mass is 245 g/mol. The van der Waals surface area contributed by atoms with Gasteiger partial charge in [-0.1, -0.05) is 31.1 Å². The zero-order valence-corrected chi connectivity index (χ0v) is 11.3.